The van der Waals surface area contributed by atoms with Gasteiger partial charge in [-0.2, -0.15) is 0 Å². The molecule has 0 fully saturated rings. The molecule has 0 N–H and O–H groups in total. The van der Waals surface area contributed by atoms with Gasteiger partial charge in [0.1, 0.15) is 0 Å². The molecule has 0 aliphatic heterocycles. The average molecular weight is 406 g/mol. The molecule has 146 valence electrons. The van der Waals surface area contributed by atoms with Gasteiger partial charge < -0.3 is 9.26 Å². The summed E-state index contributed by atoms with van der Waals surface area (Å²) < 4.78 is 10.6. The first-order valence-corrected chi connectivity index (χ1v) is 9.90. The fraction of sp³-hybridized carbons (Fsp3) is 0.182. The Kier molecular flexibility index (Phi) is 4.98. The minimum atomic E-state index is -0.611. The third-order valence-electron chi connectivity index (χ3n) is 4.64. The zero-order valence-corrected chi connectivity index (χ0v) is 17.0. The fourth-order valence-electron chi connectivity index (χ4n) is 3.13. The molecule has 0 aliphatic carbocycles. The molecular formula is C22H18N2O4S. The molecule has 0 amide bonds. The highest BCUT2D eigenvalue weighted by atomic mass is 32.1. The molecule has 3 heterocycles. The molecular weight excluding hydrogens is 388 g/mol. The maximum Gasteiger partial charge on any atom is 0.339 e. The number of carbonyl (C=O) groups is 2. The van der Waals surface area contributed by atoms with Gasteiger partial charge in [0.05, 0.1) is 27.2 Å². The van der Waals surface area contributed by atoms with Crippen molar-refractivity contribution in [3.8, 4) is 10.6 Å². The summed E-state index contributed by atoms with van der Waals surface area (Å²) in [4.78, 5) is 30.8. The van der Waals surface area contributed by atoms with Crippen LogP contribution in [-0.4, -0.2) is 28.5 Å². The molecule has 0 aliphatic rings. The second-order valence-corrected chi connectivity index (χ2v) is 7.75. The van der Waals surface area contributed by atoms with E-state index in [9.17, 15) is 9.59 Å². The molecule has 0 spiro atoms. The summed E-state index contributed by atoms with van der Waals surface area (Å²) >= 11 is 1.50. The Hall–Kier alpha value is -3.32. The summed E-state index contributed by atoms with van der Waals surface area (Å²) in [6, 6.07) is 11.1. The SMILES string of the molecule is Cc1ccc(C)c(C(=O)COC(=O)c2cc(-c3cccs3)nc3onc(C)c23)c1. The van der Waals surface area contributed by atoms with E-state index in [4.69, 9.17) is 9.26 Å². The molecule has 3 aromatic heterocycles. The van der Waals surface area contributed by atoms with E-state index in [0.717, 1.165) is 16.0 Å². The van der Waals surface area contributed by atoms with E-state index in [1.165, 1.54) is 11.3 Å². The predicted octanol–water partition coefficient (Wildman–Crippen LogP) is 4.92. The number of hydrogen-bond acceptors (Lipinski definition) is 7. The van der Waals surface area contributed by atoms with Gasteiger partial charge in [-0.15, -0.1) is 11.3 Å². The molecule has 29 heavy (non-hydrogen) atoms. The van der Waals surface area contributed by atoms with E-state index in [-0.39, 0.29) is 23.7 Å². The van der Waals surface area contributed by atoms with Crippen LogP contribution in [0.5, 0.6) is 0 Å². The van der Waals surface area contributed by atoms with Gasteiger partial charge in [0.15, 0.2) is 6.61 Å². The van der Waals surface area contributed by atoms with Crippen LogP contribution in [0.25, 0.3) is 21.7 Å². The van der Waals surface area contributed by atoms with Crippen LogP contribution in [-0.2, 0) is 4.74 Å². The predicted molar refractivity (Wildman–Crippen MR) is 110 cm³/mol. The van der Waals surface area contributed by atoms with Crippen molar-refractivity contribution >= 4 is 34.2 Å². The molecule has 0 saturated heterocycles. The monoisotopic (exact) mass is 406 g/mol. The van der Waals surface area contributed by atoms with E-state index in [0.29, 0.717) is 22.3 Å². The van der Waals surface area contributed by atoms with E-state index in [1.54, 1.807) is 19.1 Å². The minimum Gasteiger partial charge on any atom is -0.454 e. The molecule has 1 aromatic carbocycles. The lowest BCUT2D eigenvalue weighted by atomic mass is 10.0. The van der Waals surface area contributed by atoms with Crippen molar-refractivity contribution < 1.29 is 18.8 Å². The second-order valence-electron chi connectivity index (χ2n) is 6.80. The van der Waals surface area contributed by atoms with Gasteiger partial charge in [-0.05, 0) is 49.9 Å². The first-order chi connectivity index (χ1) is 13.9. The van der Waals surface area contributed by atoms with Crippen LogP contribution in [0.3, 0.4) is 0 Å². The first-order valence-electron chi connectivity index (χ1n) is 9.02. The molecule has 0 bridgehead atoms. The third kappa shape index (κ3) is 3.69. The van der Waals surface area contributed by atoms with Crippen molar-refractivity contribution in [3.05, 3.63) is 69.7 Å². The quantitative estimate of drug-likeness (QED) is 0.346. The Labute approximate surface area is 171 Å². The summed E-state index contributed by atoms with van der Waals surface area (Å²) in [6.07, 6.45) is 0. The van der Waals surface area contributed by atoms with Crippen molar-refractivity contribution in [1.29, 1.82) is 0 Å². The Bertz CT molecular complexity index is 1230. The standard InChI is InChI=1S/C22H18N2O4S/c1-12-6-7-13(2)15(9-12)18(25)11-27-22(26)16-10-17(19-5-4-8-29-19)23-21-20(16)14(3)24-28-21/h4-10H,11H2,1-3H3. The maximum absolute atomic E-state index is 12.9. The highest BCUT2D eigenvalue weighted by Gasteiger charge is 2.22. The number of Topliss-reactive ketones (excluding diaryl/α,β-unsaturated/α-hetero) is 1. The number of carbonyl (C=O) groups excluding carboxylic acids is 2. The first kappa shape index (κ1) is 19.0. The van der Waals surface area contributed by atoms with Crippen LogP contribution in [0.2, 0.25) is 0 Å². The molecule has 7 heteroatoms. The lowest BCUT2D eigenvalue weighted by Crippen LogP contribution is -2.16. The van der Waals surface area contributed by atoms with Crippen LogP contribution in [0, 0.1) is 20.8 Å². The van der Waals surface area contributed by atoms with Gasteiger partial charge in [0.2, 0.25) is 5.78 Å². The number of rotatable bonds is 5. The zero-order chi connectivity index (χ0) is 20.5. The van der Waals surface area contributed by atoms with Crippen LogP contribution < -0.4 is 0 Å². The van der Waals surface area contributed by atoms with Crippen molar-refractivity contribution in [2.45, 2.75) is 20.8 Å². The van der Waals surface area contributed by atoms with E-state index >= 15 is 0 Å². The number of fused-ring (bicyclic) bond motifs is 1. The lowest BCUT2D eigenvalue weighted by Gasteiger charge is -2.09. The van der Waals surface area contributed by atoms with Crippen LogP contribution in [0.4, 0.5) is 0 Å². The van der Waals surface area contributed by atoms with Gasteiger partial charge in [-0.25, -0.2) is 9.78 Å². The van der Waals surface area contributed by atoms with E-state index < -0.39 is 5.97 Å². The maximum atomic E-state index is 12.9. The number of hydrogen-bond donors (Lipinski definition) is 0. The molecule has 0 saturated carbocycles. The highest BCUT2D eigenvalue weighted by molar-refractivity contribution is 7.13. The fourth-order valence-corrected chi connectivity index (χ4v) is 3.82. The van der Waals surface area contributed by atoms with E-state index in [2.05, 4.69) is 10.1 Å². The molecule has 6 nitrogen and oxygen atoms in total. The van der Waals surface area contributed by atoms with Gasteiger partial charge in [0, 0.05) is 5.56 Å². The third-order valence-corrected chi connectivity index (χ3v) is 5.53. The number of ether oxygens (including phenoxy) is 1. The van der Waals surface area contributed by atoms with Crippen LogP contribution >= 0.6 is 11.3 Å². The van der Waals surface area contributed by atoms with Crippen molar-refractivity contribution in [2.75, 3.05) is 6.61 Å². The Morgan fingerprint density at radius 3 is 2.69 bits per heavy atom. The number of ketones is 1. The van der Waals surface area contributed by atoms with Gasteiger partial charge in [0.25, 0.3) is 5.71 Å². The molecule has 0 unspecified atom stereocenters. The van der Waals surface area contributed by atoms with Crippen molar-refractivity contribution in [1.82, 2.24) is 10.1 Å². The van der Waals surface area contributed by atoms with Crippen molar-refractivity contribution in [3.63, 3.8) is 0 Å². The van der Waals surface area contributed by atoms with Gasteiger partial charge >= 0.3 is 5.97 Å². The number of pyridine rings is 1. The van der Waals surface area contributed by atoms with Crippen LogP contribution in [0.1, 0.15) is 37.5 Å². The molecule has 0 radical (unpaired) electrons. The lowest BCUT2D eigenvalue weighted by molar-refractivity contribution is 0.0476. The number of thiophene rings is 1. The largest absolute Gasteiger partial charge is 0.454 e. The Balaban J connectivity index is 1.63. The summed E-state index contributed by atoms with van der Waals surface area (Å²) in [5.41, 5.74) is 4.05. The molecule has 0 atom stereocenters. The number of aryl methyl sites for hydroxylation is 3. The number of esters is 1. The topological polar surface area (TPSA) is 82.3 Å². The highest BCUT2D eigenvalue weighted by Crippen LogP contribution is 2.29. The number of nitrogens with zero attached hydrogens (tertiary/aromatic N) is 2. The second kappa shape index (κ2) is 7.60. The Morgan fingerprint density at radius 2 is 1.93 bits per heavy atom. The zero-order valence-electron chi connectivity index (χ0n) is 16.2. The summed E-state index contributed by atoms with van der Waals surface area (Å²) in [5.74, 6) is -0.856. The smallest absolute Gasteiger partial charge is 0.339 e. The normalized spacial score (nSPS) is 11.0. The average Bonchev–Trinajstić information content (AvgIpc) is 3.37. The van der Waals surface area contributed by atoms with Crippen molar-refractivity contribution in [2.24, 2.45) is 0 Å². The summed E-state index contributed by atoms with van der Waals surface area (Å²) in [6.45, 7) is 5.16. The van der Waals surface area contributed by atoms with Gasteiger partial charge in [-0.3, -0.25) is 4.79 Å². The molecule has 4 rings (SSSR count). The van der Waals surface area contributed by atoms with Crippen LogP contribution in [0.15, 0.2) is 46.3 Å². The molecule has 4 aromatic rings. The van der Waals surface area contributed by atoms with E-state index in [1.807, 2.05) is 43.5 Å². The number of aromatic nitrogens is 2. The Morgan fingerprint density at radius 1 is 1.10 bits per heavy atom. The number of benzene rings is 1. The van der Waals surface area contributed by atoms with Gasteiger partial charge in [-0.1, -0.05) is 28.9 Å². The summed E-state index contributed by atoms with van der Waals surface area (Å²) in [7, 11) is 0. The summed E-state index contributed by atoms with van der Waals surface area (Å²) in [5, 5.41) is 6.34. The minimum absolute atomic E-state index is 0.245.